The van der Waals surface area contributed by atoms with E-state index in [4.69, 9.17) is 0 Å². The van der Waals surface area contributed by atoms with Gasteiger partial charge in [-0.25, -0.2) is 18.7 Å². The van der Waals surface area contributed by atoms with Gasteiger partial charge in [0.15, 0.2) is 11.6 Å². The maximum absolute atomic E-state index is 13.5. The lowest BCUT2D eigenvalue weighted by molar-refractivity contribution is 0.511. The first-order valence-electron chi connectivity index (χ1n) is 5.97. The molecule has 100 valence electrons. The number of halogens is 2. The number of nitrogens with zero attached hydrogens (tertiary/aromatic N) is 2. The van der Waals surface area contributed by atoms with Crippen LogP contribution >= 0.6 is 0 Å². The first-order chi connectivity index (χ1) is 9.20. The number of rotatable bonds is 5. The second kappa shape index (κ2) is 6.08. The lowest BCUT2D eigenvalue weighted by Gasteiger charge is -2.09. The van der Waals surface area contributed by atoms with Crippen LogP contribution in [0.5, 0.6) is 0 Å². The van der Waals surface area contributed by atoms with E-state index < -0.39 is 11.6 Å². The molecule has 1 aromatic heterocycles. The minimum atomic E-state index is -0.927. The fourth-order valence-corrected chi connectivity index (χ4v) is 1.51. The highest BCUT2D eigenvalue weighted by Crippen LogP contribution is 2.21. The molecule has 0 atom stereocenters. The number of hydrogen-bond acceptors (Lipinski definition) is 4. The van der Waals surface area contributed by atoms with Crippen molar-refractivity contribution < 1.29 is 8.78 Å². The summed E-state index contributed by atoms with van der Waals surface area (Å²) in [7, 11) is 0. The summed E-state index contributed by atoms with van der Waals surface area (Å²) < 4.78 is 26.6. The average molecular weight is 264 g/mol. The largest absolute Gasteiger partial charge is 0.370 e. The van der Waals surface area contributed by atoms with E-state index in [0.717, 1.165) is 19.0 Å². The van der Waals surface area contributed by atoms with Crippen molar-refractivity contribution in [2.45, 2.75) is 13.3 Å². The number of benzene rings is 1. The van der Waals surface area contributed by atoms with Crippen LogP contribution in [-0.2, 0) is 0 Å². The van der Waals surface area contributed by atoms with Gasteiger partial charge in [0.25, 0.3) is 0 Å². The van der Waals surface area contributed by atoms with Crippen molar-refractivity contribution in [3.05, 3.63) is 42.2 Å². The third-order valence-corrected chi connectivity index (χ3v) is 2.44. The van der Waals surface area contributed by atoms with E-state index in [1.54, 1.807) is 6.07 Å². The monoisotopic (exact) mass is 264 g/mol. The maximum Gasteiger partial charge on any atom is 0.182 e. The summed E-state index contributed by atoms with van der Waals surface area (Å²) >= 11 is 0. The zero-order chi connectivity index (χ0) is 13.7. The predicted molar refractivity (Wildman–Crippen MR) is 70.5 cm³/mol. The van der Waals surface area contributed by atoms with Crippen molar-refractivity contribution in [1.29, 1.82) is 0 Å². The van der Waals surface area contributed by atoms with Crippen molar-refractivity contribution in [3.63, 3.8) is 0 Å². The molecule has 0 unspecified atom stereocenters. The first-order valence-corrected chi connectivity index (χ1v) is 5.97. The molecular formula is C13H14F2N4. The van der Waals surface area contributed by atoms with Crippen LogP contribution in [0.2, 0.25) is 0 Å². The zero-order valence-electron chi connectivity index (χ0n) is 10.5. The third-order valence-electron chi connectivity index (χ3n) is 2.44. The summed E-state index contributed by atoms with van der Waals surface area (Å²) in [6, 6.07) is 5.58. The summed E-state index contributed by atoms with van der Waals surface area (Å²) in [6.45, 7) is 2.82. The van der Waals surface area contributed by atoms with Crippen molar-refractivity contribution in [2.24, 2.45) is 0 Å². The Morgan fingerprint density at radius 3 is 2.74 bits per heavy atom. The van der Waals surface area contributed by atoms with Gasteiger partial charge in [0.2, 0.25) is 0 Å². The van der Waals surface area contributed by atoms with Crippen LogP contribution in [0.1, 0.15) is 13.3 Å². The molecule has 6 heteroatoms. The van der Waals surface area contributed by atoms with Crippen LogP contribution in [0.25, 0.3) is 0 Å². The highest BCUT2D eigenvalue weighted by Gasteiger charge is 2.08. The number of nitrogens with one attached hydrogen (secondary N) is 2. The van der Waals surface area contributed by atoms with Crippen molar-refractivity contribution in [3.8, 4) is 0 Å². The van der Waals surface area contributed by atoms with E-state index in [1.165, 1.54) is 18.5 Å². The van der Waals surface area contributed by atoms with Gasteiger partial charge in [0.1, 0.15) is 18.0 Å². The summed E-state index contributed by atoms with van der Waals surface area (Å²) in [5.74, 6) is -0.790. The quantitative estimate of drug-likeness (QED) is 0.869. The number of anilines is 3. The molecule has 1 aromatic carbocycles. The average Bonchev–Trinajstić information content (AvgIpc) is 2.42. The van der Waals surface area contributed by atoms with Crippen LogP contribution in [0, 0.1) is 11.6 Å². The molecule has 0 spiro atoms. The van der Waals surface area contributed by atoms with Gasteiger partial charge in [-0.2, -0.15) is 0 Å². The molecule has 0 saturated carbocycles. The Balaban J connectivity index is 2.16. The Labute approximate surface area is 109 Å². The Morgan fingerprint density at radius 2 is 1.95 bits per heavy atom. The van der Waals surface area contributed by atoms with Gasteiger partial charge in [0.05, 0.1) is 5.69 Å². The fourth-order valence-electron chi connectivity index (χ4n) is 1.51. The van der Waals surface area contributed by atoms with Crippen molar-refractivity contribution >= 4 is 17.3 Å². The molecule has 0 fully saturated rings. The molecule has 4 nitrogen and oxygen atoms in total. The van der Waals surface area contributed by atoms with Gasteiger partial charge in [-0.05, 0) is 18.6 Å². The normalized spacial score (nSPS) is 10.3. The van der Waals surface area contributed by atoms with Crippen molar-refractivity contribution in [1.82, 2.24) is 9.97 Å². The van der Waals surface area contributed by atoms with E-state index in [-0.39, 0.29) is 5.69 Å². The van der Waals surface area contributed by atoms with Gasteiger partial charge in [-0.1, -0.05) is 13.0 Å². The van der Waals surface area contributed by atoms with E-state index in [2.05, 4.69) is 20.6 Å². The minimum Gasteiger partial charge on any atom is -0.370 e. The SMILES string of the molecule is CCCNc1cc(Nc2cccc(F)c2F)ncn1. The second-order valence-electron chi connectivity index (χ2n) is 3.94. The molecule has 0 aliphatic carbocycles. The van der Waals surface area contributed by atoms with Crippen LogP contribution < -0.4 is 10.6 Å². The predicted octanol–water partition coefficient (Wildman–Crippen LogP) is 3.32. The maximum atomic E-state index is 13.5. The Morgan fingerprint density at radius 1 is 1.16 bits per heavy atom. The van der Waals surface area contributed by atoms with E-state index in [0.29, 0.717) is 11.6 Å². The van der Waals surface area contributed by atoms with E-state index in [9.17, 15) is 8.78 Å². The standard InChI is InChI=1S/C13H14F2N4/c1-2-6-16-11-7-12(18-8-17-11)19-10-5-3-4-9(14)13(10)15/h3-5,7-8H,2,6H2,1H3,(H2,16,17,18,19). The van der Waals surface area contributed by atoms with Gasteiger partial charge in [-0.15, -0.1) is 0 Å². The van der Waals surface area contributed by atoms with E-state index in [1.807, 2.05) is 6.92 Å². The summed E-state index contributed by atoms with van der Waals surface area (Å²) in [4.78, 5) is 7.99. The summed E-state index contributed by atoms with van der Waals surface area (Å²) in [5, 5.41) is 5.81. The molecule has 2 N–H and O–H groups in total. The molecule has 19 heavy (non-hydrogen) atoms. The van der Waals surface area contributed by atoms with Crippen molar-refractivity contribution in [2.75, 3.05) is 17.2 Å². The Kier molecular flexibility index (Phi) is 4.22. The molecule has 2 aromatic rings. The molecule has 0 saturated heterocycles. The summed E-state index contributed by atoms with van der Waals surface area (Å²) in [6.07, 6.45) is 2.32. The number of aromatic nitrogens is 2. The highest BCUT2D eigenvalue weighted by atomic mass is 19.2. The third kappa shape index (κ3) is 3.37. The van der Waals surface area contributed by atoms with Crippen LogP contribution in [0.3, 0.4) is 0 Å². The van der Waals surface area contributed by atoms with Crippen LogP contribution in [0.15, 0.2) is 30.6 Å². The lowest BCUT2D eigenvalue weighted by atomic mass is 10.3. The van der Waals surface area contributed by atoms with Gasteiger partial charge in [0, 0.05) is 12.6 Å². The lowest BCUT2D eigenvalue weighted by Crippen LogP contribution is -2.04. The Hall–Kier alpha value is -2.24. The number of hydrogen-bond donors (Lipinski definition) is 2. The molecule has 0 bridgehead atoms. The highest BCUT2D eigenvalue weighted by molar-refractivity contribution is 5.59. The molecule has 0 radical (unpaired) electrons. The second-order valence-corrected chi connectivity index (χ2v) is 3.94. The topological polar surface area (TPSA) is 49.8 Å². The van der Waals surface area contributed by atoms with E-state index >= 15 is 0 Å². The van der Waals surface area contributed by atoms with Gasteiger partial charge < -0.3 is 10.6 Å². The molecule has 2 rings (SSSR count). The molecule has 0 aliphatic heterocycles. The molecular weight excluding hydrogens is 250 g/mol. The zero-order valence-corrected chi connectivity index (χ0v) is 10.5. The molecule has 0 amide bonds. The van der Waals surface area contributed by atoms with Gasteiger partial charge in [-0.3, -0.25) is 0 Å². The Bertz CT molecular complexity index is 560. The van der Waals surface area contributed by atoms with Crippen LogP contribution in [0.4, 0.5) is 26.1 Å². The van der Waals surface area contributed by atoms with Crippen LogP contribution in [-0.4, -0.2) is 16.5 Å². The smallest absolute Gasteiger partial charge is 0.182 e. The minimum absolute atomic E-state index is 0.0418. The molecule has 0 aliphatic rings. The summed E-state index contributed by atoms with van der Waals surface area (Å²) in [5.41, 5.74) is 0.0418. The molecule has 1 heterocycles. The fraction of sp³-hybridized carbons (Fsp3) is 0.231. The first kappa shape index (κ1) is 13.2. The van der Waals surface area contributed by atoms with Gasteiger partial charge >= 0.3 is 0 Å².